The van der Waals surface area contributed by atoms with Crippen LogP contribution < -0.4 is 10.1 Å². The molecule has 1 aliphatic heterocycles. The van der Waals surface area contributed by atoms with E-state index in [4.69, 9.17) is 16.3 Å². The normalized spacial score (nSPS) is 14.8. The van der Waals surface area contributed by atoms with Gasteiger partial charge in [-0.25, -0.2) is 4.98 Å². The first-order valence-electron chi connectivity index (χ1n) is 9.26. The van der Waals surface area contributed by atoms with Crippen LogP contribution in [0.4, 0.5) is 0 Å². The van der Waals surface area contributed by atoms with Crippen LogP contribution in [0, 0.1) is 0 Å². The number of piperidine rings is 1. The predicted molar refractivity (Wildman–Crippen MR) is 106 cm³/mol. The van der Waals surface area contributed by atoms with Gasteiger partial charge in [-0.15, -0.1) is 0 Å². The summed E-state index contributed by atoms with van der Waals surface area (Å²) in [6, 6.07) is 5.07. The minimum Gasteiger partial charge on any atom is -0.474 e. The van der Waals surface area contributed by atoms with Crippen molar-refractivity contribution in [3.8, 4) is 5.88 Å². The van der Waals surface area contributed by atoms with Gasteiger partial charge in [0, 0.05) is 37.7 Å². The van der Waals surface area contributed by atoms with E-state index in [1.165, 1.54) is 12.4 Å². The summed E-state index contributed by atoms with van der Waals surface area (Å²) in [7, 11) is 0. The molecule has 0 unspecified atom stereocenters. The summed E-state index contributed by atoms with van der Waals surface area (Å²) in [6.07, 6.45) is 5.98. The van der Waals surface area contributed by atoms with Crippen molar-refractivity contribution < 1.29 is 14.3 Å². The average molecular weight is 403 g/mol. The van der Waals surface area contributed by atoms with Crippen LogP contribution in [-0.2, 0) is 0 Å². The molecule has 0 atom stereocenters. The number of carbonyl (C=O) groups is 2. The lowest BCUT2D eigenvalue weighted by molar-refractivity contribution is 0.0697. The van der Waals surface area contributed by atoms with Crippen molar-refractivity contribution in [3.05, 3.63) is 52.9 Å². The summed E-state index contributed by atoms with van der Waals surface area (Å²) >= 11 is 6.18. The number of amides is 2. The number of rotatable bonds is 5. The third-order valence-corrected chi connectivity index (χ3v) is 4.71. The maximum absolute atomic E-state index is 12.7. The van der Waals surface area contributed by atoms with Crippen LogP contribution >= 0.6 is 11.6 Å². The number of carbonyl (C=O) groups excluding carboxylic acids is 2. The van der Waals surface area contributed by atoms with Crippen molar-refractivity contribution >= 4 is 23.4 Å². The topological polar surface area (TPSA) is 84.4 Å². The van der Waals surface area contributed by atoms with Crippen molar-refractivity contribution in [1.82, 2.24) is 20.2 Å². The van der Waals surface area contributed by atoms with Gasteiger partial charge in [0.05, 0.1) is 17.2 Å². The monoisotopic (exact) mass is 402 g/mol. The summed E-state index contributed by atoms with van der Waals surface area (Å²) < 4.78 is 5.50. The number of nitrogens with zero attached hydrogens (tertiary/aromatic N) is 3. The van der Waals surface area contributed by atoms with Crippen LogP contribution in [0.25, 0.3) is 0 Å². The van der Waals surface area contributed by atoms with E-state index in [2.05, 4.69) is 15.3 Å². The third kappa shape index (κ3) is 4.98. The molecule has 0 aliphatic carbocycles. The number of hydrogen-bond acceptors (Lipinski definition) is 5. The van der Waals surface area contributed by atoms with E-state index in [1.54, 1.807) is 29.3 Å². The van der Waals surface area contributed by atoms with E-state index in [0.29, 0.717) is 48.0 Å². The number of halogens is 1. The summed E-state index contributed by atoms with van der Waals surface area (Å²) in [5.41, 5.74) is 0.962. The predicted octanol–water partition coefficient (Wildman–Crippen LogP) is 2.95. The van der Waals surface area contributed by atoms with Crippen LogP contribution in [0.5, 0.6) is 5.88 Å². The maximum Gasteiger partial charge on any atom is 0.255 e. The molecule has 2 aromatic heterocycles. The van der Waals surface area contributed by atoms with Crippen LogP contribution in [-0.4, -0.2) is 51.9 Å². The Hall–Kier alpha value is -2.67. The molecule has 3 rings (SSSR count). The molecule has 1 N–H and O–H groups in total. The first-order chi connectivity index (χ1) is 13.4. The van der Waals surface area contributed by atoms with E-state index < -0.39 is 0 Å². The van der Waals surface area contributed by atoms with E-state index in [-0.39, 0.29) is 24.0 Å². The Bertz CT molecular complexity index is 837. The lowest BCUT2D eigenvalue weighted by atomic mass is 10.0. The van der Waals surface area contributed by atoms with Gasteiger partial charge < -0.3 is 15.0 Å². The second-order valence-electron chi connectivity index (χ2n) is 6.96. The summed E-state index contributed by atoms with van der Waals surface area (Å²) in [5, 5.41) is 3.32. The molecule has 1 fully saturated rings. The highest BCUT2D eigenvalue weighted by atomic mass is 35.5. The molecule has 2 aromatic rings. The van der Waals surface area contributed by atoms with Crippen molar-refractivity contribution in [2.75, 3.05) is 13.1 Å². The Morgan fingerprint density at radius 2 is 2.00 bits per heavy atom. The molecule has 1 aliphatic rings. The highest BCUT2D eigenvalue weighted by molar-refractivity contribution is 6.32. The zero-order valence-electron chi connectivity index (χ0n) is 15.9. The van der Waals surface area contributed by atoms with Crippen LogP contribution in [0.15, 0.2) is 36.8 Å². The number of pyridine rings is 2. The molecule has 8 heteroatoms. The smallest absolute Gasteiger partial charge is 0.255 e. The fourth-order valence-corrected chi connectivity index (χ4v) is 3.24. The van der Waals surface area contributed by atoms with Gasteiger partial charge in [-0.2, -0.15) is 0 Å². The molecule has 7 nitrogen and oxygen atoms in total. The average Bonchev–Trinajstić information content (AvgIpc) is 2.70. The first-order valence-corrected chi connectivity index (χ1v) is 9.64. The Morgan fingerprint density at radius 3 is 2.61 bits per heavy atom. The maximum atomic E-state index is 12.7. The third-order valence-electron chi connectivity index (χ3n) is 4.44. The van der Waals surface area contributed by atoms with Crippen molar-refractivity contribution in [1.29, 1.82) is 0 Å². The molecule has 2 amide bonds. The van der Waals surface area contributed by atoms with E-state index in [9.17, 15) is 9.59 Å². The molecule has 0 bridgehead atoms. The molecular weight excluding hydrogens is 380 g/mol. The lowest BCUT2D eigenvalue weighted by Crippen LogP contribution is -2.46. The zero-order valence-corrected chi connectivity index (χ0v) is 16.6. The molecule has 0 saturated carbocycles. The van der Waals surface area contributed by atoms with Gasteiger partial charge in [-0.3, -0.25) is 14.6 Å². The summed E-state index contributed by atoms with van der Waals surface area (Å²) in [6.45, 7) is 4.87. The Kier molecular flexibility index (Phi) is 6.46. The Labute approximate surface area is 169 Å². The van der Waals surface area contributed by atoms with Gasteiger partial charge in [0.1, 0.15) is 5.02 Å². The Morgan fingerprint density at radius 1 is 1.25 bits per heavy atom. The van der Waals surface area contributed by atoms with E-state index in [1.807, 2.05) is 13.8 Å². The minimum atomic E-state index is -0.144. The second kappa shape index (κ2) is 9.01. The van der Waals surface area contributed by atoms with Crippen molar-refractivity contribution in [3.63, 3.8) is 0 Å². The molecule has 28 heavy (non-hydrogen) atoms. The molecule has 0 radical (unpaired) electrons. The summed E-state index contributed by atoms with van der Waals surface area (Å²) in [5.74, 6) is 0.0576. The van der Waals surface area contributed by atoms with Gasteiger partial charge in [0.2, 0.25) is 5.88 Å². The quantitative estimate of drug-likeness (QED) is 0.831. The molecular formula is C20H23ClN4O3. The fourth-order valence-electron chi connectivity index (χ4n) is 3.03. The molecule has 0 aromatic carbocycles. The van der Waals surface area contributed by atoms with Gasteiger partial charge in [-0.1, -0.05) is 11.6 Å². The first kappa shape index (κ1) is 20.1. The Balaban J connectivity index is 1.55. The van der Waals surface area contributed by atoms with Gasteiger partial charge >= 0.3 is 0 Å². The number of hydrogen-bond donors (Lipinski definition) is 1. The van der Waals surface area contributed by atoms with Crippen molar-refractivity contribution in [2.24, 2.45) is 0 Å². The van der Waals surface area contributed by atoms with Gasteiger partial charge in [0.15, 0.2) is 0 Å². The molecule has 1 saturated heterocycles. The number of aromatic nitrogens is 2. The van der Waals surface area contributed by atoms with Crippen LogP contribution in [0.2, 0.25) is 5.02 Å². The van der Waals surface area contributed by atoms with Gasteiger partial charge in [0.25, 0.3) is 11.8 Å². The fraction of sp³-hybridized carbons (Fsp3) is 0.400. The molecule has 0 spiro atoms. The second-order valence-corrected chi connectivity index (χ2v) is 7.37. The number of likely N-dealkylation sites (tertiary alicyclic amines) is 1. The van der Waals surface area contributed by atoms with E-state index >= 15 is 0 Å². The van der Waals surface area contributed by atoms with Crippen LogP contribution in [0.1, 0.15) is 47.4 Å². The highest BCUT2D eigenvalue weighted by Crippen LogP contribution is 2.24. The lowest BCUT2D eigenvalue weighted by Gasteiger charge is -2.32. The van der Waals surface area contributed by atoms with Crippen LogP contribution in [0.3, 0.4) is 0 Å². The van der Waals surface area contributed by atoms with Gasteiger partial charge in [-0.05, 0) is 44.9 Å². The van der Waals surface area contributed by atoms with E-state index in [0.717, 1.165) is 0 Å². The SMILES string of the molecule is CC(C)Oc1ncc(C(=O)N2CCC(NC(=O)c3cccnc3)CC2)cc1Cl. The number of nitrogens with one attached hydrogen (secondary N) is 1. The minimum absolute atomic E-state index is 0.0280. The standard InChI is InChI=1S/C20H23ClN4O3/c1-13(2)28-19-17(21)10-15(12-23-19)20(27)25-8-5-16(6-9-25)24-18(26)14-4-3-7-22-11-14/h3-4,7,10-13,16H,5-6,8-9H2,1-2H3,(H,24,26). The number of ether oxygens (including phenoxy) is 1. The molecule has 148 valence electrons. The van der Waals surface area contributed by atoms with Crippen molar-refractivity contribution in [2.45, 2.75) is 38.8 Å². The summed E-state index contributed by atoms with van der Waals surface area (Å²) in [4.78, 5) is 34.8. The zero-order chi connectivity index (χ0) is 20.1. The largest absolute Gasteiger partial charge is 0.474 e. The highest BCUT2D eigenvalue weighted by Gasteiger charge is 2.25. The molecule has 3 heterocycles.